The van der Waals surface area contributed by atoms with E-state index in [1.807, 2.05) is 30.0 Å². The Bertz CT molecular complexity index is 906. The lowest BCUT2D eigenvalue weighted by Crippen LogP contribution is -2.46. The van der Waals surface area contributed by atoms with Crippen LogP contribution in [-0.2, 0) is 11.3 Å². The lowest BCUT2D eigenvalue weighted by molar-refractivity contribution is -0.123. The summed E-state index contributed by atoms with van der Waals surface area (Å²) in [5, 5.41) is 0.392. The van der Waals surface area contributed by atoms with Crippen LogP contribution in [0.3, 0.4) is 0 Å². The van der Waals surface area contributed by atoms with Crippen LogP contribution in [0, 0.1) is 0 Å². The zero-order valence-electron chi connectivity index (χ0n) is 16.2. The van der Waals surface area contributed by atoms with Gasteiger partial charge in [-0.2, -0.15) is 0 Å². The lowest BCUT2D eigenvalue weighted by Gasteiger charge is -2.20. The van der Waals surface area contributed by atoms with Crippen LogP contribution in [0.2, 0.25) is 5.02 Å². The van der Waals surface area contributed by atoms with Crippen LogP contribution in [0.4, 0.5) is 0 Å². The van der Waals surface area contributed by atoms with Gasteiger partial charge in [-0.15, -0.1) is 0 Å². The number of nitrogens with zero attached hydrogens (tertiary/aromatic N) is 1. The molecule has 0 aliphatic carbocycles. The maximum absolute atomic E-state index is 12.3. The van der Waals surface area contributed by atoms with Crippen molar-refractivity contribution < 1.29 is 23.8 Å². The van der Waals surface area contributed by atoms with E-state index in [1.54, 1.807) is 12.1 Å². The van der Waals surface area contributed by atoms with Gasteiger partial charge in [0.15, 0.2) is 11.5 Å². The summed E-state index contributed by atoms with van der Waals surface area (Å²) in [7, 11) is 1.45. The molecule has 1 aliphatic heterocycles. The maximum atomic E-state index is 12.3. The summed E-state index contributed by atoms with van der Waals surface area (Å²) >= 11 is 5.93. The van der Waals surface area contributed by atoms with E-state index in [9.17, 15) is 9.59 Å². The molecule has 0 unspecified atom stereocenters. The molecule has 2 aromatic rings. The Morgan fingerprint density at radius 3 is 2.69 bits per heavy atom. The predicted molar refractivity (Wildman–Crippen MR) is 107 cm³/mol. The fraction of sp³-hybridized carbons (Fsp3) is 0.300. The largest absolute Gasteiger partial charge is 0.496 e. The number of nitrogens with one attached hydrogen (secondary N) is 2. The highest BCUT2D eigenvalue weighted by atomic mass is 35.5. The molecule has 3 rings (SSSR count). The molecule has 1 aliphatic rings. The van der Waals surface area contributed by atoms with Crippen molar-refractivity contribution in [2.45, 2.75) is 13.5 Å². The number of ether oxygens (including phenoxy) is 3. The third-order valence-corrected chi connectivity index (χ3v) is 4.61. The molecule has 0 fully saturated rings. The summed E-state index contributed by atoms with van der Waals surface area (Å²) in [5.74, 6) is 0.914. The van der Waals surface area contributed by atoms with Crippen LogP contribution in [0.5, 0.6) is 17.2 Å². The first-order valence-electron chi connectivity index (χ1n) is 9.03. The van der Waals surface area contributed by atoms with Crippen molar-refractivity contribution in [1.29, 1.82) is 0 Å². The maximum Gasteiger partial charge on any atom is 0.273 e. The van der Waals surface area contributed by atoms with Crippen LogP contribution in [0.1, 0.15) is 22.8 Å². The summed E-state index contributed by atoms with van der Waals surface area (Å²) in [5.41, 5.74) is 6.03. The van der Waals surface area contributed by atoms with Crippen LogP contribution >= 0.6 is 11.6 Å². The molecule has 1 heterocycles. The van der Waals surface area contributed by atoms with Crippen molar-refractivity contribution in [3.8, 4) is 17.2 Å². The fourth-order valence-electron chi connectivity index (χ4n) is 2.87. The van der Waals surface area contributed by atoms with E-state index in [0.717, 1.165) is 5.56 Å². The smallest absolute Gasteiger partial charge is 0.273 e. The van der Waals surface area contributed by atoms with Crippen LogP contribution in [0.15, 0.2) is 36.4 Å². The average molecular weight is 420 g/mol. The second kappa shape index (κ2) is 9.49. The summed E-state index contributed by atoms with van der Waals surface area (Å²) in [6, 6.07) is 10.4. The first-order chi connectivity index (χ1) is 14.0. The Hall–Kier alpha value is -2.97. The molecule has 2 aromatic carbocycles. The number of hydrazine groups is 1. The summed E-state index contributed by atoms with van der Waals surface area (Å²) in [6.45, 7) is 3.48. The standard InChI is InChI=1S/C20H22ClN3O5/c1-3-24(10-13-4-6-17-18(8-13)29-12-28-17)11-19(25)22-23-20(26)15-9-14(21)5-7-16(15)27-2/h4-9H,3,10-12H2,1-2H3,(H,22,25)(H,23,26). The van der Waals surface area contributed by atoms with E-state index in [1.165, 1.54) is 13.2 Å². The van der Waals surface area contributed by atoms with Crippen molar-refractivity contribution in [3.63, 3.8) is 0 Å². The summed E-state index contributed by atoms with van der Waals surface area (Å²) in [4.78, 5) is 26.5. The normalized spacial score (nSPS) is 12.0. The topological polar surface area (TPSA) is 89.1 Å². The Balaban J connectivity index is 1.54. The third-order valence-electron chi connectivity index (χ3n) is 4.38. The number of hydrogen-bond donors (Lipinski definition) is 2. The van der Waals surface area contributed by atoms with E-state index in [4.69, 9.17) is 25.8 Å². The highest BCUT2D eigenvalue weighted by molar-refractivity contribution is 6.31. The van der Waals surface area contributed by atoms with Gasteiger partial charge in [0.05, 0.1) is 19.2 Å². The zero-order valence-corrected chi connectivity index (χ0v) is 16.9. The number of amides is 2. The SMILES string of the molecule is CCN(CC(=O)NNC(=O)c1cc(Cl)ccc1OC)Cc1ccc2c(c1)OCO2. The fourth-order valence-corrected chi connectivity index (χ4v) is 3.04. The molecule has 0 saturated carbocycles. The van der Waals surface area contributed by atoms with E-state index in [2.05, 4.69) is 10.9 Å². The molecule has 9 heteroatoms. The molecule has 8 nitrogen and oxygen atoms in total. The van der Waals surface area contributed by atoms with Gasteiger partial charge in [0.1, 0.15) is 5.75 Å². The summed E-state index contributed by atoms with van der Waals surface area (Å²) < 4.78 is 15.8. The van der Waals surface area contributed by atoms with E-state index >= 15 is 0 Å². The molecule has 29 heavy (non-hydrogen) atoms. The molecule has 0 bridgehead atoms. The van der Waals surface area contributed by atoms with Gasteiger partial charge < -0.3 is 14.2 Å². The van der Waals surface area contributed by atoms with Gasteiger partial charge in [-0.1, -0.05) is 24.6 Å². The first-order valence-corrected chi connectivity index (χ1v) is 9.41. The van der Waals surface area contributed by atoms with Gasteiger partial charge in [-0.05, 0) is 42.4 Å². The quantitative estimate of drug-likeness (QED) is 0.670. The van der Waals surface area contributed by atoms with E-state index < -0.39 is 5.91 Å². The monoisotopic (exact) mass is 419 g/mol. The van der Waals surface area contributed by atoms with Gasteiger partial charge in [0.2, 0.25) is 6.79 Å². The van der Waals surface area contributed by atoms with Crippen molar-refractivity contribution in [2.24, 2.45) is 0 Å². The first kappa shape index (κ1) is 20.8. The minimum Gasteiger partial charge on any atom is -0.496 e. The number of halogens is 1. The number of carbonyl (C=O) groups excluding carboxylic acids is 2. The molecule has 0 radical (unpaired) electrons. The van der Waals surface area contributed by atoms with Crippen LogP contribution in [-0.4, -0.2) is 43.7 Å². The highest BCUT2D eigenvalue weighted by Gasteiger charge is 2.17. The number of hydrogen-bond acceptors (Lipinski definition) is 6. The number of carbonyl (C=O) groups is 2. The number of methoxy groups -OCH3 is 1. The summed E-state index contributed by atoms with van der Waals surface area (Å²) in [6.07, 6.45) is 0. The average Bonchev–Trinajstić information content (AvgIpc) is 3.19. The van der Waals surface area contributed by atoms with Gasteiger partial charge in [0.25, 0.3) is 11.8 Å². The predicted octanol–water partition coefficient (Wildman–Crippen LogP) is 2.36. The highest BCUT2D eigenvalue weighted by Crippen LogP contribution is 2.32. The molecule has 154 valence electrons. The number of likely N-dealkylation sites (N-methyl/N-ethyl adjacent to an activating group) is 1. The second-order valence-electron chi connectivity index (χ2n) is 6.34. The number of benzene rings is 2. The Morgan fingerprint density at radius 1 is 1.14 bits per heavy atom. The Morgan fingerprint density at radius 2 is 1.93 bits per heavy atom. The molecule has 0 spiro atoms. The van der Waals surface area contributed by atoms with E-state index in [0.29, 0.717) is 35.4 Å². The van der Waals surface area contributed by atoms with Crippen molar-refractivity contribution in [2.75, 3.05) is 27.0 Å². The van der Waals surface area contributed by atoms with Crippen molar-refractivity contribution in [1.82, 2.24) is 15.8 Å². The molecule has 2 N–H and O–H groups in total. The van der Waals surface area contributed by atoms with Gasteiger partial charge in [0, 0.05) is 11.6 Å². The molecule has 0 saturated heterocycles. The Kier molecular flexibility index (Phi) is 6.79. The van der Waals surface area contributed by atoms with Crippen LogP contribution < -0.4 is 25.1 Å². The van der Waals surface area contributed by atoms with Gasteiger partial charge >= 0.3 is 0 Å². The third kappa shape index (κ3) is 5.30. The molecular formula is C20H22ClN3O5. The molecule has 0 atom stereocenters. The number of fused-ring (bicyclic) bond motifs is 1. The molecular weight excluding hydrogens is 398 g/mol. The van der Waals surface area contributed by atoms with E-state index in [-0.39, 0.29) is 24.8 Å². The molecule has 2 amide bonds. The van der Waals surface area contributed by atoms with Gasteiger partial charge in [-0.3, -0.25) is 25.3 Å². The van der Waals surface area contributed by atoms with Crippen molar-refractivity contribution in [3.05, 3.63) is 52.5 Å². The Labute approximate surface area is 173 Å². The molecule has 0 aromatic heterocycles. The minimum absolute atomic E-state index is 0.109. The lowest BCUT2D eigenvalue weighted by atomic mass is 10.2. The minimum atomic E-state index is -0.517. The van der Waals surface area contributed by atoms with Gasteiger partial charge in [-0.25, -0.2) is 0 Å². The van der Waals surface area contributed by atoms with Crippen molar-refractivity contribution >= 4 is 23.4 Å². The second-order valence-corrected chi connectivity index (χ2v) is 6.77. The zero-order chi connectivity index (χ0) is 20.8. The van der Waals surface area contributed by atoms with Crippen LogP contribution in [0.25, 0.3) is 0 Å². The number of rotatable bonds is 7.